The molecular formula is C49H36BI3O2. The lowest BCUT2D eigenvalue weighted by molar-refractivity contribution is 0.426. The van der Waals surface area contributed by atoms with Crippen molar-refractivity contribution in [3.8, 4) is 11.1 Å². The minimum absolute atomic E-state index is 0. The molecule has 0 heterocycles. The Balaban J connectivity index is 0.000000141. The quantitative estimate of drug-likeness (QED) is 0.103. The molecule has 0 aliphatic heterocycles. The van der Waals surface area contributed by atoms with E-state index in [0.29, 0.717) is 5.46 Å². The third-order valence-corrected chi connectivity index (χ3v) is 13.7. The standard InChI is InChI=1S/C24H15I.C18H13BO2.C6H4I2.CH4/c25-24-12-6-5-7-17(24)16-13-14-22-20-10-2-1-8-18(20)19-9-3-4-11-21(19)23(22)15-16;20-19(21)12-9-10-17-15-7-2-1-5-13(15)14-6-3-4-8-16(14)18(17)11-12;7-5-3-1-2-4-6(5)8;/h1-15H;1-11,20-21H;1-4H;1H4. The number of hydrogen-bond donors (Lipinski definition) is 2. The van der Waals surface area contributed by atoms with Gasteiger partial charge in [-0.1, -0.05) is 165 Å². The van der Waals surface area contributed by atoms with Crippen molar-refractivity contribution in [1.29, 1.82) is 0 Å². The van der Waals surface area contributed by atoms with Crippen LogP contribution in [0.1, 0.15) is 7.43 Å². The van der Waals surface area contributed by atoms with Crippen LogP contribution in [0.5, 0.6) is 0 Å². The van der Waals surface area contributed by atoms with Crippen molar-refractivity contribution < 1.29 is 10.0 Å². The molecule has 0 bridgehead atoms. The Kier molecular flexibility index (Phi) is 12.4. The fraction of sp³-hybridized carbons (Fsp3) is 0.0204. The summed E-state index contributed by atoms with van der Waals surface area (Å²) < 4.78 is 3.93. The van der Waals surface area contributed by atoms with E-state index in [0.717, 1.165) is 16.2 Å². The number of halogens is 3. The van der Waals surface area contributed by atoms with Gasteiger partial charge in [0.1, 0.15) is 0 Å². The zero-order chi connectivity index (χ0) is 37.2. The molecule has 0 spiro atoms. The monoisotopic (exact) mass is 1050 g/mol. The molecule has 0 aliphatic carbocycles. The lowest BCUT2D eigenvalue weighted by Crippen LogP contribution is -2.29. The summed E-state index contributed by atoms with van der Waals surface area (Å²) in [4.78, 5) is 0. The van der Waals surface area contributed by atoms with Crippen LogP contribution in [-0.2, 0) is 0 Å². The summed E-state index contributed by atoms with van der Waals surface area (Å²) in [5.74, 6) is 0. The van der Waals surface area contributed by atoms with E-state index in [2.05, 4.69) is 195 Å². The maximum atomic E-state index is 9.42. The van der Waals surface area contributed by atoms with Crippen molar-refractivity contribution in [2.24, 2.45) is 0 Å². The highest BCUT2D eigenvalue weighted by atomic mass is 127. The Bertz CT molecular complexity index is 2890. The molecule has 2 N–H and O–H groups in total. The van der Waals surface area contributed by atoms with E-state index in [1.165, 1.54) is 70.3 Å². The molecular weight excluding hydrogens is 1010 g/mol. The summed E-state index contributed by atoms with van der Waals surface area (Å²) >= 11 is 7.05. The van der Waals surface area contributed by atoms with Gasteiger partial charge < -0.3 is 10.0 Å². The van der Waals surface area contributed by atoms with Crippen molar-refractivity contribution in [3.63, 3.8) is 0 Å². The lowest BCUT2D eigenvalue weighted by atomic mass is 9.78. The normalized spacial score (nSPS) is 10.9. The molecule has 10 aromatic rings. The first kappa shape index (κ1) is 39.2. The minimum atomic E-state index is -1.44. The van der Waals surface area contributed by atoms with Gasteiger partial charge in [-0.15, -0.1) is 0 Å². The second kappa shape index (κ2) is 17.4. The number of benzene rings is 10. The molecule has 268 valence electrons. The third kappa shape index (κ3) is 7.98. The Morgan fingerprint density at radius 3 is 1.00 bits per heavy atom. The molecule has 0 aromatic heterocycles. The van der Waals surface area contributed by atoms with Gasteiger partial charge in [0.05, 0.1) is 0 Å². The lowest BCUT2D eigenvalue weighted by Gasteiger charge is -2.12. The van der Waals surface area contributed by atoms with Crippen molar-refractivity contribution >= 4 is 145 Å². The molecule has 55 heavy (non-hydrogen) atoms. The predicted molar refractivity (Wildman–Crippen MR) is 265 cm³/mol. The zero-order valence-corrected chi connectivity index (χ0v) is 35.4. The minimum Gasteiger partial charge on any atom is -0.423 e. The molecule has 0 atom stereocenters. The second-order valence-electron chi connectivity index (χ2n) is 13.0. The molecule has 0 saturated heterocycles. The average Bonchev–Trinajstić information content (AvgIpc) is 3.22. The summed E-state index contributed by atoms with van der Waals surface area (Å²) in [5.41, 5.74) is 3.09. The summed E-state index contributed by atoms with van der Waals surface area (Å²) in [6.45, 7) is 0. The predicted octanol–water partition coefficient (Wildman–Crippen LogP) is 13.8. The molecule has 10 rings (SSSR count). The Morgan fingerprint density at radius 1 is 0.309 bits per heavy atom. The van der Waals surface area contributed by atoms with Gasteiger partial charge >= 0.3 is 7.12 Å². The van der Waals surface area contributed by atoms with Gasteiger partial charge in [0.2, 0.25) is 0 Å². The molecule has 0 saturated carbocycles. The maximum absolute atomic E-state index is 9.42. The van der Waals surface area contributed by atoms with Crippen LogP contribution in [0.25, 0.3) is 75.8 Å². The number of fused-ring (bicyclic) bond motifs is 12. The van der Waals surface area contributed by atoms with Crippen LogP contribution >= 0.6 is 67.8 Å². The zero-order valence-electron chi connectivity index (χ0n) is 28.9. The van der Waals surface area contributed by atoms with E-state index in [1.807, 2.05) is 48.5 Å². The number of rotatable bonds is 2. The van der Waals surface area contributed by atoms with Crippen LogP contribution in [0.3, 0.4) is 0 Å². The molecule has 0 unspecified atom stereocenters. The van der Waals surface area contributed by atoms with Crippen LogP contribution in [-0.4, -0.2) is 17.2 Å². The second-order valence-corrected chi connectivity index (χ2v) is 16.5. The molecule has 6 heteroatoms. The van der Waals surface area contributed by atoms with Crippen molar-refractivity contribution in [2.75, 3.05) is 0 Å². The fourth-order valence-corrected chi connectivity index (χ4v) is 8.77. The van der Waals surface area contributed by atoms with Gasteiger partial charge in [0, 0.05) is 10.7 Å². The van der Waals surface area contributed by atoms with Crippen LogP contribution in [0.15, 0.2) is 182 Å². The molecule has 0 aliphatic rings. The molecule has 0 amide bonds. The van der Waals surface area contributed by atoms with E-state index >= 15 is 0 Å². The summed E-state index contributed by atoms with van der Waals surface area (Å²) in [7, 11) is -1.44. The number of hydrogen-bond acceptors (Lipinski definition) is 2. The van der Waals surface area contributed by atoms with E-state index in [1.54, 1.807) is 6.07 Å². The molecule has 0 radical (unpaired) electrons. The van der Waals surface area contributed by atoms with Gasteiger partial charge in [0.15, 0.2) is 0 Å². The average molecular weight is 1050 g/mol. The van der Waals surface area contributed by atoms with Gasteiger partial charge in [-0.25, -0.2) is 0 Å². The molecule has 0 fully saturated rings. The Hall–Kier alpha value is -4.07. The SMILES string of the molecule is C.Ic1ccccc1-c1ccc2c3ccccc3c3ccccc3c2c1.Ic1ccccc1I.OB(O)c1ccc2c3ccccc3c3ccccc3c2c1. The van der Waals surface area contributed by atoms with Crippen LogP contribution in [0.2, 0.25) is 0 Å². The largest absolute Gasteiger partial charge is 0.488 e. The highest BCUT2D eigenvalue weighted by Crippen LogP contribution is 2.38. The maximum Gasteiger partial charge on any atom is 0.488 e. The topological polar surface area (TPSA) is 40.5 Å². The van der Waals surface area contributed by atoms with E-state index in [4.69, 9.17) is 0 Å². The third-order valence-electron chi connectivity index (χ3n) is 9.82. The smallest absolute Gasteiger partial charge is 0.423 e. The first-order chi connectivity index (χ1) is 26.4. The first-order valence-electron chi connectivity index (χ1n) is 17.6. The highest BCUT2D eigenvalue weighted by molar-refractivity contribution is 14.1. The van der Waals surface area contributed by atoms with Crippen LogP contribution < -0.4 is 5.46 Å². The Labute approximate surface area is 362 Å². The fourth-order valence-electron chi connectivity index (χ4n) is 7.30. The summed E-state index contributed by atoms with van der Waals surface area (Å²) in [5, 5.41) is 33.7. The van der Waals surface area contributed by atoms with Gasteiger partial charge in [0.25, 0.3) is 0 Å². The van der Waals surface area contributed by atoms with Crippen molar-refractivity contribution in [1.82, 2.24) is 0 Å². The van der Waals surface area contributed by atoms with Crippen molar-refractivity contribution in [2.45, 2.75) is 7.43 Å². The summed E-state index contributed by atoms with van der Waals surface area (Å²) in [6.07, 6.45) is 0. The van der Waals surface area contributed by atoms with E-state index in [-0.39, 0.29) is 7.43 Å². The van der Waals surface area contributed by atoms with E-state index in [9.17, 15) is 10.0 Å². The summed E-state index contributed by atoms with van der Waals surface area (Å²) in [6, 6.07) is 63.4. The van der Waals surface area contributed by atoms with E-state index < -0.39 is 7.12 Å². The van der Waals surface area contributed by atoms with Crippen LogP contribution in [0, 0.1) is 10.7 Å². The first-order valence-corrected chi connectivity index (χ1v) is 20.8. The van der Waals surface area contributed by atoms with Crippen molar-refractivity contribution in [3.05, 3.63) is 193 Å². The van der Waals surface area contributed by atoms with Gasteiger partial charge in [-0.3, -0.25) is 0 Å². The van der Waals surface area contributed by atoms with Gasteiger partial charge in [-0.05, 0) is 173 Å². The van der Waals surface area contributed by atoms with Gasteiger partial charge in [-0.2, -0.15) is 0 Å². The Morgan fingerprint density at radius 2 is 0.618 bits per heavy atom. The van der Waals surface area contributed by atoms with Crippen LogP contribution in [0.4, 0.5) is 0 Å². The molecule has 2 nitrogen and oxygen atoms in total. The highest BCUT2D eigenvalue weighted by Gasteiger charge is 2.14. The molecule has 10 aromatic carbocycles.